The summed E-state index contributed by atoms with van der Waals surface area (Å²) in [7, 11) is 0. The van der Waals surface area contributed by atoms with Crippen LogP contribution in [0.15, 0.2) is 24.3 Å². The smallest absolute Gasteiger partial charge is 0.342 e. The van der Waals surface area contributed by atoms with Gasteiger partial charge in [-0.3, -0.25) is 9.59 Å². The maximum Gasteiger partial charge on any atom is 0.342 e. The molecule has 0 radical (unpaired) electrons. The number of phenols is 1. The summed E-state index contributed by atoms with van der Waals surface area (Å²) in [4.78, 5) is 37.8. The van der Waals surface area contributed by atoms with Crippen molar-refractivity contribution in [3.05, 3.63) is 29.8 Å². The molecule has 136 valence electrons. The van der Waals surface area contributed by atoms with Crippen LogP contribution in [0.4, 0.5) is 0 Å². The summed E-state index contributed by atoms with van der Waals surface area (Å²) in [5.74, 6) is -1.68. The molecule has 0 aromatic heterocycles. The van der Waals surface area contributed by atoms with Gasteiger partial charge < -0.3 is 19.5 Å². The maximum absolute atomic E-state index is 12.4. The molecule has 0 saturated carbocycles. The first-order valence-corrected chi connectivity index (χ1v) is 8.38. The summed E-state index contributed by atoms with van der Waals surface area (Å²) in [5.41, 5.74) is 0.0168. The Morgan fingerprint density at radius 1 is 1.24 bits per heavy atom. The molecular weight excluding hydrogens is 326 g/mol. The van der Waals surface area contributed by atoms with Gasteiger partial charge in [0.2, 0.25) is 0 Å². The second-order valence-electron chi connectivity index (χ2n) is 5.92. The van der Waals surface area contributed by atoms with E-state index in [1.54, 1.807) is 24.0 Å². The molecule has 1 saturated heterocycles. The molecule has 2 rings (SSSR count). The van der Waals surface area contributed by atoms with Crippen LogP contribution in [0.25, 0.3) is 0 Å². The Labute approximate surface area is 146 Å². The fourth-order valence-electron chi connectivity index (χ4n) is 2.77. The van der Waals surface area contributed by atoms with Gasteiger partial charge in [0.1, 0.15) is 11.3 Å². The van der Waals surface area contributed by atoms with E-state index in [0.717, 1.165) is 0 Å². The van der Waals surface area contributed by atoms with Crippen molar-refractivity contribution in [3.8, 4) is 5.75 Å². The van der Waals surface area contributed by atoms with Gasteiger partial charge in [-0.15, -0.1) is 0 Å². The van der Waals surface area contributed by atoms with E-state index >= 15 is 0 Å². The zero-order valence-corrected chi connectivity index (χ0v) is 14.4. The van der Waals surface area contributed by atoms with Gasteiger partial charge in [-0.1, -0.05) is 12.1 Å². The first-order chi connectivity index (χ1) is 11.9. The number of amides is 1. The third-order valence-electron chi connectivity index (χ3n) is 4.18. The largest absolute Gasteiger partial charge is 0.507 e. The number of hydrogen-bond donors (Lipinski definition) is 1. The molecule has 25 heavy (non-hydrogen) atoms. The number of hydrogen-bond acceptors (Lipinski definition) is 6. The summed E-state index contributed by atoms with van der Waals surface area (Å²) in [6.45, 7) is 4.44. The standard InChI is InChI=1S/C18H23NO6/c1-3-24-17(22)13-8-10-19(11-9-13)16(21)12(2)25-18(23)14-6-4-5-7-15(14)20/h4-7,12-13,20H,3,8-11H2,1-2H3/t12-/m0/s1. The number of phenolic OH excluding ortho intramolecular Hbond substituents is 1. The topological polar surface area (TPSA) is 93.1 Å². The van der Waals surface area contributed by atoms with Crippen LogP contribution in [-0.4, -0.2) is 53.7 Å². The first kappa shape index (κ1) is 18.8. The van der Waals surface area contributed by atoms with Crippen LogP contribution in [0, 0.1) is 5.92 Å². The number of piperidine rings is 1. The Morgan fingerprint density at radius 3 is 2.48 bits per heavy atom. The van der Waals surface area contributed by atoms with Crippen LogP contribution >= 0.6 is 0 Å². The highest BCUT2D eigenvalue weighted by atomic mass is 16.5. The Hall–Kier alpha value is -2.57. The predicted molar refractivity (Wildman–Crippen MR) is 88.9 cm³/mol. The van der Waals surface area contributed by atoms with Crippen molar-refractivity contribution in [1.82, 2.24) is 4.90 Å². The number of aromatic hydroxyl groups is 1. The third-order valence-corrected chi connectivity index (χ3v) is 4.18. The van der Waals surface area contributed by atoms with E-state index < -0.39 is 12.1 Å². The lowest BCUT2D eigenvalue weighted by Gasteiger charge is -2.32. The molecule has 1 atom stereocenters. The molecule has 0 bridgehead atoms. The van der Waals surface area contributed by atoms with Gasteiger partial charge in [0.25, 0.3) is 5.91 Å². The lowest BCUT2D eigenvalue weighted by molar-refractivity contribution is -0.152. The van der Waals surface area contributed by atoms with Gasteiger partial charge in [0.15, 0.2) is 6.10 Å². The van der Waals surface area contributed by atoms with Gasteiger partial charge in [-0.25, -0.2) is 4.79 Å². The SMILES string of the molecule is CCOC(=O)C1CCN(C(=O)[C@H](C)OC(=O)c2ccccc2O)CC1. The number of carbonyl (C=O) groups is 3. The Balaban J connectivity index is 1.88. The first-order valence-electron chi connectivity index (χ1n) is 8.38. The number of esters is 2. The molecule has 1 aliphatic heterocycles. The normalized spacial score (nSPS) is 16.2. The fourth-order valence-corrected chi connectivity index (χ4v) is 2.77. The van der Waals surface area contributed by atoms with Crippen LogP contribution in [0.1, 0.15) is 37.0 Å². The fraction of sp³-hybridized carbons (Fsp3) is 0.500. The predicted octanol–water partition coefficient (Wildman–Crippen LogP) is 1.74. The second kappa shape index (κ2) is 8.50. The third kappa shape index (κ3) is 4.71. The number of benzene rings is 1. The van der Waals surface area contributed by atoms with Crippen LogP contribution in [0.3, 0.4) is 0 Å². The van der Waals surface area contributed by atoms with Crippen molar-refractivity contribution in [2.24, 2.45) is 5.92 Å². The molecule has 1 N–H and O–H groups in total. The Bertz CT molecular complexity index is 636. The minimum absolute atomic E-state index is 0.0168. The minimum Gasteiger partial charge on any atom is -0.507 e. The number of ether oxygens (including phenoxy) is 2. The highest BCUT2D eigenvalue weighted by Gasteiger charge is 2.31. The van der Waals surface area contributed by atoms with Crippen LogP contribution < -0.4 is 0 Å². The zero-order chi connectivity index (χ0) is 18.4. The number of carbonyl (C=O) groups excluding carboxylic acids is 3. The molecule has 1 aromatic carbocycles. The van der Waals surface area contributed by atoms with Gasteiger partial charge in [-0.2, -0.15) is 0 Å². The summed E-state index contributed by atoms with van der Waals surface area (Å²) in [6, 6.07) is 6.00. The molecule has 0 spiro atoms. The van der Waals surface area contributed by atoms with Crippen molar-refractivity contribution in [2.75, 3.05) is 19.7 Å². The Kier molecular flexibility index (Phi) is 6.38. The molecule has 1 aliphatic rings. The van der Waals surface area contributed by atoms with Crippen molar-refractivity contribution >= 4 is 17.8 Å². The second-order valence-corrected chi connectivity index (χ2v) is 5.92. The average molecular weight is 349 g/mol. The van der Waals surface area contributed by atoms with Gasteiger partial charge >= 0.3 is 11.9 Å². The molecule has 7 nitrogen and oxygen atoms in total. The maximum atomic E-state index is 12.4. The van der Waals surface area contributed by atoms with Crippen LogP contribution in [-0.2, 0) is 19.1 Å². The summed E-state index contributed by atoms with van der Waals surface area (Å²) < 4.78 is 10.2. The average Bonchev–Trinajstić information content (AvgIpc) is 2.61. The Morgan fingerprint density at radius 2 is 1.88 bits per heavy atom. The van der Waals surface area contributed by atoms with E-state index in [-0.39, 0.29) is 29.1 Å². The van der Waals surface area contributed by atoms with E-state index in [9.17, 15) is 19.5 Å². The van der Waals surface area contributed by atoms with Crippen molar-refractivity contribution in [3.63, 3.8) is 0 Å². The number of likely N-dealkylation sites (tertiary alicyclic amines) is 1. The van der Waals surface area contributed by atoms with E-state index in [4.69, 9.17) is 9.47 Å². The monoisotopic (exact) mass is 349 g/mol. The van der Waals surface area contributed by atoms with Gasteiger partial charge in [0.05, 0.1) is 12.5 Å². The van der Waals surface area contributed by atoms with Crippen LogP contribution in [0.2, 0.25) is 0 Å². The minimum atomic E-state index is -0.966. The highest BCUT2D eigenvalue weighted by molar-refractivity contribution is 5.94. The molecular formula is C18H23NO6. The highest BCUT2D eigenvalue weighted by Crippen LogP contribution is 2.21. The molecule has 1 aromatic rings. The number of rotatable bonds is 5. The van der Waals surface area contributed by atoms with Crippen molar-refractivity contribution < 1.29 is 29.0 Å². The quantitative estimate of drug-likeness (QED) is 0.814. The van der Waals surface area contributed by atoms with E-state index in [1.807, 2.05) is 0 Å². The number of para-hydroxylation sites is 1. The summed E-state index contributed by atoms with van der Waals surface area (Å²) >= 11 is 0. The lowest BCUT2D eigenvalue weighted by atomic mass is 9.97. The molecule has 1 fully saturated rings. The van der Waals surface area contributed by atoms with E-state index in [0.29, 0.717) is 32.5 Å². The molecule has 1 heterocycles. The van der Waals surface area contributed by atoms with E-state index in [1.165, 1.54) is 19.1 Å². The molecule has 7 heteroatoms. The van der Waals surface area contributed by atoms with E-state index in [2.05, 4.69) is 0 Å². The van der Waals surface area contributed by atoms with Crippen molar-refractivity contribution in [1.29, 1.82) is 0 Å². The van der Waals surface area contributed by atoms with Gasteiger partial charge in [0, 0.05) is 13.1 Å². The molecule has 1 amide bonds. The zero-order valence-electron chi connectivity index (χ0n) is 14.4. The van der Waals surface area contributed by atoms with Crippen LogP contribution in [0.5, 0.6) is 5.75 Å². The molecule has 0 unspecified atom stereocenters. The lowest BCUT2D eigenvalue weighted by Crippen LogP contribution is -2.45. The van der Waals surface area contributed by atoms with Gasteiger partial charge in [-0.05, 0) is 38.8 Å². The molecule has 0 aliphatic carbocycles. The summed E-state index contributed by atoms with van der Waals surface area (Å²) in [6.07, 6.45) is 0.0985. The summed E-state index contributed by atoms with van der Waals surface area (Å²) in [5, 5.41) is 9.67. The van der Waals surface area contributed by atoms with Crippen molar-refractivity contribution in [2.45, 2.75) is 32.8 Å². The number of nitrogens with zero attached hydrogens (tertiary/aromatic N) is 1.